The Morgan fingerprint density at radius 1 is 1.55 bits per heavy atom. The van der Waals surface area contributed by atoms with E-state index in [1.807, 2.05) is 0 Å². The number of carboxylic acid groups (broad SMARTS) is 1. The predicted molar refractivity (Wildman–Crippen MR) is 45.2 cm³/mol. The molecule has 2 nitrogen and oxygen atoms in total. The van der Waals surface area contributed by atoms with Crippen molar-refractivity contribution in [3.05, 3.63) is 6.92 Å². The average Bonchev–Trinajstić information content (AvgIpc) is 1.88. The van der Waals surface area contributed by atoms with Crippen molar-refractivity contribution in [3.8, 4) is 0 Å². The molecule has 2 heteroatoms. The van der Waals surface area contributed by atoms with Gasteiger partial charge in [-0.05, 0) is 20.3 Å². The largest absolute Gasteiger partial charge is 0.481 e. The lowest BCUT2D eigenvalue weighted by Crippen LogP contribution is -2.23. The van der Waals surface area contributed by atoms with Crippen LogP contribution >= 0.6 is 0 Å². The van der Waals surface area contributed by atoms with Crippen LogP contribution in [0.25, 0.3) is 0 Å². The van der Waals surface area contributed by atoms with Crippen LogP contribution in [0.4, 0.5) is 0 Å². The van der Waals surface area contributed by atoms with Crippen molar-refractivity contribution in [2.75, 3.05) is 0 Å². The van der Waals surface area contributed by atoms with E-state index >= 15 is 0 Å². The van der Waals surface area contributed by atoms with Gasteiger partial charge in [0, 0.05) is 0 Å². The molecule has 0 spiro atoms. The fraction of sp³-hybridized carbons (Fsp3) is 0.778. The summed E-state index contributed by atoms with van der Waals surface area (Å²) in [6.07, 6.45) is 3.85. The molecule has 0 aliphatic heterocycles. The molecule has 0 aliphatic rings. The SMILES string of the molecule is [CH2]C(C)(CCCCC)C(=O)O. The van der Waals surface area contributed by atoms with Crippen LogP contribution in [0, 0.1) is 12.3 Å². The number of carbonyl (C=O) groups is 1. The molecule has 65 valence electrons. The van der Waals surface area contributed by atoms with Gasteiger partial charge in [0.15, 0.2) is 0 Å². The third kappa shape index (κ3) is 4.02. The summed E-state index contributed by atoms with van der Waals surface area (Å²) in [5, 5.41) is 8.68. The Kier molecular flexibility index (Phi) is 4.16. The second-order valence-electron chi connectivity index (χ2n) is 3.32. The van der Waals surface area contributed by atoms with E-state index in [1.165, 1.54) is 0 Å². The molecule has 0 aromatic heterocycles. The van der Waals surface area contributed by atoms with Crippen LogP contribution in [0.3, 0.4) is 0 Å². The summed E-state index contributed by atoms with van der Waals surface area (Å²) in [6, 6.07) is 0. The maximum Gasteiger partial charge on any atom is 0.309 e. The molecule has 0 heterocycles. The van der Waals surface area contributed by atoms with Gasteiger partial charge in [-0.1, -0.05) is 26.2 Å². The third-order valence-corrected chi connectivity index (χ3v) is 1.85. The molecule has 0 saturated heterocycles. The first-order chi connectivity index (χ1) is 5.00. The molecule has 1 N–H and O–H groups in total. The monoisotopic (exact) mass is 157 g/mol. The van der Waals surface area contributed by atoms with E-state index in [0.717, 1.165) is 19.3 Å². The van der Waals surface area contributed by atoms with E-state index in [1.54, 1.807) is 6.92 Å². The summed E-state index contributed by atoms with van der Waals surface area (Å²) in [5.41, 5.74) is -0.783. The van der Waals surface area contributed by atoms with E-state index in [-0.39, 0.29) is 0 Å². The molecule has 1 radical (unpaired) electrons. The fourth-order valence-corrected chi connectivity index (χ4v) is 0.872. The van der Waals surface area contributed by atoms with Crippen LogP contribution in [0.5, 0.6) is 0 Å². The second-order valence-corrected chi connectivity index (χ2v) is 3.32. The zero-order valence-corrected chi connectivity index (χ0v) is 7.39. The minimum atomic E-state index is -0.798. The van der Waals surface area contributed by atoms with Gasteiger partial charge >= 0.3 is 5.97 Å². The Morgan fingerprint density at radius 3 is 2.45 bits per heavy atom. The Bertz CT molecular complexity index is 128. The van der Waals surface area contributed by atoms with Crippen molar-refractivity contribution < 1.29 is 9.90 Å². The molecular formula is C9H17O2. The third-order valence-electron chi connectivity index (χ3n) is 1.85. The van der Waals surface area contributed by atoms with Gasteiger partial charge in [-0.3, -0.25) is 4.79 Å². The van der Waals surface area contributed by atoms with Gasteiger partial charge < -0.3 is 5.11 Å². The van der Waals surface area contributed by atoms with E-state index < -0.39 is 11.4 Å². The number of aliphatic carboxylic acids is 1. The lowest BCUT2D eigenvalue weighted by atomic mass is 9.87. The van der Waals surface area contributed by atoms with Crippen molar-refractivity contribution >= 4 is 5.97 Å². The van der Waals surface area contributed by atoms with Crippen LogP contribution in [0.2, 0.25) is 0 Å². The van der Waals surface area contributed by atoms with Gasteiger partial charge in [-0.15, -0.1) is 0 Å². The first-order valence-electron chi connectivity index (χ1n) is 4.09. The van der Waals surface area contributed by atoms with Gasteiger partial charge in [-0.25, -0.2) is 0 Å². The maximum absolute atomic E-state index is 10.6. The van der Waals surface area contributed by atoms with E-state index in [0.29, 0.717) is 6.42 Å². The first kappa shape index (κ1) is 10.5. The van der Waals surface area contributed by atoms with Crippen molar-refractivity contribution in [2.45, 2.75) is 39.5 Å². The summed E-state index contributed by atoms with van der Waals surface area (Å²) < 4.78 is 0. The van der Waals surface area contributed by atoms with Crippen LogP contribution in [-0.4, -0.2) is 11.1 Å². The summed E-state index contributed by atoms with van der Waals surface area (Å²) >= 11 is 0. The molecule has 1 atom stereocenters. The highest BCUT2D eigenvalue weighted by Gasteiger charge is 2.25. The van der Waals surface area contributed by atoms with Gasteiger partial charge in [0.25, 0.3) is 0 Å². The number of hydrogen-bond acceptors (Lipinski definition) is 1. The van der Waals surface area contributed by atoms with Gasteiger partial charge in [0.2, 0.25) is 0 Å². The molecule has 0 saturated carbocycles. The highest BCUT2D eigenvalue weighted by molar-refractivity contribution is 5.74. The standard InChI is InChI=1S/C9H17O2/c1-4-5-6-7-9(2,3)8(10)11/h2,4-7H2,1,3H3,(H,10,11). The number of unbranched alkanes of at least 4 members (excludes halogenated alkanes) is 2. The molecule has 11 heavy (non-hydrogen) atoms. The average molecular weight is 157 g/mol. The lowest BCUT2D eigenvalue weighted by Gasteiger charge is -2.17. The van der Waals surface area contributed by atoms with Crippen molar-refractivity contribution in [1.82, 2.24) is 0 Å². The maximum atomic E-state index is 10.6. The first-order valence-corrected chi connectivity index (χ1v) is 4.09. The fourth-order valence-electron chi connectivity index (χ4n) is 0.872. The number of rotatable bonds is 5. The zero-order valence-electron chi connectivity index (χ0n) is 7.39. The quantitative estimate of drug-likeness (QED) is 0.622. The molecule has 0 aromatic carbocycles. The normalized spacial score (nSPS) is 11.5. The van der Waals surface area contributed by atoms with Crippen LogP contribution in [-0.2, 0) is 4.79 Å². The van der Waals surface area contributed by atoms with Gasteiger partial charge in [0.1, 0.15) is 0 Å². The minimum absolute atomic E-state index is 0.677. The molecule has 0 rings (SSSR count). The Balaban J connectivity index is 3.64. The second kappa shape index (κ2) is 4.37. The molecule has 0 bridgehead atoms. The molecule has 1 unspecified atom stereocenters. The zero-order chi connectivity index (χ0) is 8.91. The molecule has 0 aliphatic carbocycles. The van der Waals surface area contributed by atoms with E-state index in [9.17, 15) is 4.79 Å². The smallest absolute Gasteiger partial charge is 0.309 e. The van der Waals surface area contributed by atoms with Crippen molar-refractivity contribution in [3.63, 3.8) is 0 Å². The van der Waals surface area contributed by atoms with Crippen molar-refractivity contribution in [1.29, 1.82) is 0 Å². The summed E-state index contributed by atoms with van der Waals surface area (Å²) in [6.45, 7) is 7.41. The summed E-state index contributed by atoms with van der Waals surface area (Å²) in [5.74, 6) is -0.798. The van der Waals surface area contributed by atoms with E-state index in [4.69, 9.17) is 5.11 Å². The lowest BCUT2D eigenvalue weighted by molar-refractivity contribution is -0.145. The topological polar surface area (TPSA) is 37.3 Å². The van der Waals surface area contributed by atoms with E-state index in [2.05, 4.69) is 13.8 Å². The molecule has 0 amide bonds. The van der Waals surface area contributed by atoms with Crippen molar-refractivity contribution in [2.24, 2.45) is 5.41 Å². The van der Waals surface area contributed by atoms with Gasteiger partial charge in [-0.2, -0.15) is 0 Å². The molecule has 0 fully saturated rings. The van der Waals surface area contributed by atoms with Gasteiger partial charge in [0.05, 0.1) is 5.41 Å². The summed E-state index contributed by atoms with van der Waals surface area (Å²) in [7, 11) is 0. The highest BCUT2D eigenvalue weighted by atomic mass is 16.4. The molecule has 0 aromatic rings. The van der Waals surface area contributed by atoms with Crippen LogP contribution < -0.4 is 0 Å². The Morgan fingerprint density at radius 2 is 2.09 bits per heavy atom. The Labute approximate surface area is 68.6 Å². The summed E-state index contributed by atoms with van der Waals surface area (Å²) in [4.78, 5) is 10.6. The number of carboxylic acids is 1. The highest BCUT2D eigenvalue weighted by Crippen LogP contribution is 2.22. The van der Waals surface area contributed by atoms with Crippen LogP contribution in [0.15, 0.2) is 0 Å². The Hall–Kier alpha value is -0.530. The predicted octanol–water partition coefficient (Wildman–Crippen LogP) is 2.49. The van der Waals surface area contributed by atoms with Crippen LogP contribution in [0.1, 0.15) is 39.5 Å². The molecular weight excluding hydrogens is 140 g/mol. The minimum Gasteiger partial charge on any atom is -0.481 e. The number of hydrogen-bond donors (Lipinski definition) is 1.